The molecule has 1 unspecified atom stereocenters. The van der Waals surface area contributed by atoms with Crippen molar-refractivity contribution in [1.29, 1.82) is 0 Å². The summed E-state index contributed by atoms with van der Waals surface area (Å²) in [6.45, 7) is 6.23. The molecule has 3 aromatic rings. The first kappa shape index (κ1) is 30.0. The number of nitrogens with zero attached hydrogens (tertiary/aromatic N) is 6. The molecule has 0 bridgehead atoms. The van der Waals surface area contributed by atoms with Crippen molar-refractivity contribution in [3.05, 3.63) is 54.1 Å². The van der Waals surface area contributed by atoms with Gasteiger partial charge in [-0.3, -0.25) is 9.78 Å². The Morgan fingerprint density at radius 2 is 2.00 bits per heavy atom. The monoisotopic (exact) mass is 571 g/mol. The zero-order valence-corrected chi connectivity index (χ0v) is 23.3. The van der Waals surface area contributed by atoms with E-state index in [9.17, 15) is 18.0 Å². The number of rotatable bonds is 14. The quantitative estimate of drug-likeness (QED) is 0.193. The Kier molecular flexibility index (Phi) is 9.92. The molecule has 0 saturated carbocycles. The number of nitrogens with two attached hydrogens (primary N) is 1. The second kappa shape index (κ2) is 13.6. The second-order valence-corrected chi connectivity index (χ2v) is 9.99. The number of allylic oxidation sites excluding steroid dienone is 1. The van der Waals surface area contributed by atoms with Crippen LogP contribution >= 0.6 is 0 Å². The van der Waals surface area contributed by atoms with E-state index in [4.69, 9.17) is 10.7 Å². The number of alkyl halides is 3. The van der Waals surface area contributed by atoms with Gasteiger partial charge in [0.15, 0.2) is 6.29 Å². The van der Waals surface area contributed by atoms with Crippen LogP contribution in [0.15, 0.2) is 37.1 Å². The fourth-order valence-corrected chi connectivity index (χ4v) is 4.93. The van der Waals surface area contributed by atoms with Gasteiger partial charge >= 0.3 is 6.18 Å². The molecule has 0 spiro atoms. The lowest BCUT2D eigenvalue weighted by atomic mass is 9.98. The molecule has 0 radical (unpaired) electrons. The van der Waals surface area contributed by atoms with Gasteiger partial charge in [0, 0.05) is 62.3 Å². The van der Waals surface area contributed by atoms with Crippen molar-refractivity contribution in [2.24, 2.45) is 0 Å². The zero-order valence-electron chi connectivity index (χ0n) is 23.3. The van der Waals surface area contributed by atoms with E-state index in [2.05, 4.69) is 42.0 Å². The van der Waals surface area contributed by atoms with Gasteiger partial charge in [-0.25, -0.2) is 15.0 Å². The highest BCUT2D eigenvalue weighted by Gasteiger charge is 2.33. The SMILES string of the molecule is CCCC(CCNc1ncnc(N)c1C(C=O)=CNC)c1nc(-c2ccnc(C(F)(F)F)c2)cn1CCN1CCC1. The molecule has 1 aliphatic heterocycles. The highest BCUT2D eigenvalue weighted by molar-refractivity contribution is 6.10. The molecule has 1 fully saturated rings. The van der Waals surface area contributed by atoms with Gasteiger partial charge in [-0.15, -0.1) is 0 Å². The van der Waals surface area contributed by atoms with Crippen LogP contribution in [0.5, 0.6) is 0 Å². The van der Waals surface area contributed by atoms with Crippen LogP contribution < -0.4 is 16.4 Å². The number of aldehydes is 1. The third-order valence-corrected chi connectivity index (χ3v) is 7.14. The largest absolute Gasteiger partial charge is 0.433 e. The smallest absolute Gasteiger partial charge is 0.393 e. The Morgan fingerprint density at radius 3 is 2.66 bits per heavy atom. The van der Waals surface area contributed by atoms with E-state index in [1.807, 2.05) is 6.20 Å². The number of halogens is 3. The molecule has 220 valence electrons. The number of nitrogens with one attached hydrogen (secondary N) is 2. The molecule has 0 aromatic carbocycles. The third-order valence-electron chi connectivity index (χ3n) is 7.14. The summed E-state index contributed by atoms with van der Waals surface area (Å²) >= 11 is 0. The fraction of sp³-hybridized carbons (Fsp3) is 0.464. The molecule has 0 amide bonds. The number of hydrogen-bond donors (Lipinski definition) is 3. The first-order chi connectivity index (χ1) is 19.7. The average Bonchev–Trinajstić information content (AvgIpc) is 3.34. The van der Waals surface area contributed by atoms with Crippen molar-refractivity contribution in [3.8, 4) is 11.3 Å². The Balaban J connectivity index is 1.60. The van der Waals surface area contributed by atoms with E-state index in [1.165, 1.54) is 25.1 Å². The summed E-state index contributed by atoms with van der Waals surface area (Å²) in [5.74, 6) is 1.49. The van der Waals surface area contributed by atoms with Crippen molar-refractivity contribution < 1.29 is 18.0 Å². The number of aromatic nitrogens is 5. The van der Waals surface area contributed by atoms with Gasteiger partial charge in [-0.1, -0.05) is 13.3 Å². The number of nitrogen functional groups attached to an aromatic ring is 1. The van der Waals surface area contributed by atoms with Gasteiger partial charge in [0.1, 0.15) is 29.5 Å². The summed E-state index contributed by atoms with van der Waals surface area (Å²) in [4.78, 5) is 30.8. The van der Waals surface area contributed by atoms with E-state index in [0.29, 0.717) is 54.0 Å². The minimum atomic E-state index is -4.54. The van der Waals surface area contributed by atoms with Crippen molar-refractivity contribution >= 4 is 23.5 Å². The highest BCUT2D eigenvalue weighted by atomic mass is 19.4. The molecule has 1 aliphatic rings. The van der Waals surface area contributed by atoms with Gasteiger partial charge in [0.2, 0.25) is 0 Å². The minimum Gasteiger partial charge on any atom is -0.393 e. The number of carbonyl (C=O) groups excluding carboxylic acids is 1. The van der Waals surface area contributed by atoms with Crippen LogP contribution in [0.25, 0.3) is 16.8 Å². The number of carbonyl (C=O) groups is 1. The molecule has 4 N–H and O–H groups in total. The predicted molar refractivity (Wildman–Crippen MR) is 152 cm³/mol. The van der Waals surface area contributed by atoms with Gasteiger partial charge < -0.3 is 25.8 Å². The number of imidazole rings is 1. The third kappa shape index (κ3) is 7.40. The molecule has 4 rings (SSSR count). The Bertz CT molecular complexity index is 1350. The Labute approximate surface area is 237 Å². The molecular weight excluding hydrogens is 535 g/mol. The molecule has 4 heterocycles. The fourth-order valence-electron chi connectivity index (χ4n) is 4.93. The van der Waals surface area contributed by atoms with Gasteiger partial charge in [-0.2, -0.15) is 13.2 Å². The number of hydrogen-bond acceptors (Lipinski definition) is 9. The first-order valence-corrected chi connectivity index (χ1v) is 13.8. The lowest BCUT2D eigenvalue weighted by Crippen LogP contribution is -2.39. The second-order valence-electron chi connectivity index (χ2n) is 9.99. The zero-order chi connectivity index (χ0) is 29.4. The maximum atomic E-state index is 13.4. The van der Waals surface area contributed by atoms with Crippen LogP contribution in [0.2, 0.25) is 0 Å². The van der Waals surface area contributed by atoms with E-state index in [0.717, 1.165) is 44.4 Å². The van der Waals surface area contributed by atoms with Crippen molar-refractivity contribution in [3.63, 3.8) is 0 Å². The number of pyridine rings is 1. The van der Waals surface area contributed by atoms with E-state index in [-0.39, 0.29) is 11.7 Å². The lowest BCUT2D eigenvalue weighted by Gasteiger charge is -2.31. The maximum Gasteiger partial charge on any atom is 0.433 e. The standard InChI is InChI=1S/C28H36F3N9O/c1-3-5-19(6-9-35-26-24(21(17-41)15-33-2)25(32)36-18-37-26)27-38-22(16-40(27)13-12-39-10-4-11-39)20-7-8-34-23(14-20)28(29,30)31/h7-8,14-19,33H,3-6,9-13H2,1-2H3,(H3,32,35,36,37). The molecule has 1 saturated heterocycles. The summed E-state index contributed by atoms with van der Waals surface area (Å²) in [6, 6.07) is 2.61. The summed E-state index contributed by atoms with van der Waals surface area (Å²) in [5, 5.41) is 6.13. The summed E-state index contributed by atoms with van der Waals surface area (Å²) in [6.07, 6.45) is 5.64. The van der Waals surface area contributed by atoms with E-state index in [1.54, 1.807) is 13.1 Å². The lowest BCUT2D eigenvalue weighted by molar-refractivity contribution is -0.141. The highest BCUT2D eigenvalue weighted by Crippen LogP contribution is 2.33. The Morgan fingerprint density at radius 1 is 1.20 bits per heavy atom. The van der Waals surface area contributed by atoms with Crippen LogP contribution in [0, 0.1) is 0 Å². The van der Waals surface area contributed by atoms with Crippen LogP contribution in [-0.4, -0.2) is 68.9 Å². The summed E-state index contributed by atoms with van der Waals surface area (Å²) < 4.78 is 42.1. The minimum absolute atomic E-state index is 0.0302. The molecule has 13 heteroatoms. The van der Waals surface area contributed by atoms with Crippen LogP contribution in [0.3, 0.4) is 0 Å². The molecule has 10 nitrogen and oxygen atoms in total. The number of anilines is 2. The van der Waals surface area contributed by atoms with Crippen LogP contribution in [0.4, 0.5) is 24.8 Å². The molecule has 3 aromatic heterocycles. The molecule has 0 aliphatic carbocycles. The van der Waals surface area contributed by atoms with Gasteiger partial charge in [0.05, 0.1) is 11.3 Å². The summed E-state index contributed by atoms with van der Waals surface area (Å²) in [7, 11) is 1.68. The molecular formula is C28H36F3N9O. The molecule has 1 atom stereocenters. The van der Waals surface area contributed by atoms with E-state index < -0.39 is 11.9 Å². The van der Waals surface area contributed by atoms with Crippen molar-refractivity contribution in [2.75, 3.05) is 44.3 Å². The van der Waals surface area contributed by atoms with Crippen LogP contribution in [-0.2, 0) is 17.5 Å². The van der Waals surface area contributed by atoms with Crippen molar-refractivity contribution in [2.45, 2.75) is 51.2 Å². The van der Waals surface area contributed by atoms with Gasteiger partial charge in [-0.05, 0) is 44.5 Å². The van der Waals surface area contributed by atoms with Crippen LogP contribution in [0.1, 0.15) is 55.6 Å². The Hall–Kier alpha value is -4.00. The number of likely N-dealkylation sites (tertiary alicyclic amines) is 1. The summed E-state index contributed by atoms with van der Waals surface area (Å²) in [5.41, 5.74) is 6.74. The average molecular weight is 572 g/mol. The predicted octanol–water partition coefficient (Wildman–Crippen LogP) is 4.19. The molecule has 41 heavy (non-hydrogen) atoms. The topological polar surface area (TPSA) is 127 Å². The van der Waals surface area contributed by atoms with Crippen molar-refractivity contribution in [1.82, 2.24) is 34.7 Å². The van der Waals surface area contributed by atoms with Gasteiger partial charge in [0.25, 0.3) is 0 Å². The van der Waals surface area contributed by atoms with E-state index >= 15 is 0 Å². The normalized spacial score (nSPS) is 14.9. The first-order valence-electron chi connectivity index (χ1n) is 13.8. The maximum absolute atomic E-state index is 13.4.